The smallest absolute Gasteiger partial charge is 0.353 e. The zero-order valence-electron chi connectivity index (χ0n) is 11.5. The first kappa shape index (κ1) is 15.1. The molecular formula is C13H13ClF3N5. The van der Waals surface area contributed by atoms with E-state index in [0.29, 0.717) is 12.4 Å². The predicted molar refractivity (Wildman–Crippen MR) is 74.8 cm³/mol. The van der Waals surface area contributed by atoms with Crippen LogP contribution in [0.15, 0.2) is 24.7 Å². The Bertz CT molecular complexity index is 657. The zero-order chi connectivity index (χ0) is 15.7. The Labute approximate surface area is 129 Å². The van der Waals surface area contributed by atoms with Gasteiger partial charge in [0.25, 0.3) is 0 Å². The standard InChI is InChI=1S/C13H13ClF3N5/c14-11-6-18-7-12(19-11)21-4-1-2-9(8-21)22-5-3-10(20-22)13(15,16)17/h3,5-7,9H,1-2,4,8H2. The topological polar surface area (TPSA) is 46.8 Å². The van der Waals surface area contributed by atoms with Gasteiger partial charge in [-0.05, 0) is 18.9 Å². The average Bonchev–Trinajstić information content (AvgIpc) is 2.97. The van der Waals surface area contributed by atoms with Crippen molar-refractivity contribution in [2.45, 2.75) is 25.1 Å². The number of nitrogens with zero attached hydrogens (tertiary/aromatic N) is 5. The highest BCUT2D eigenvalue weighted by molar-refractivity contribution is 6.29. The molecule has 0 radical (unpaired) electrons. The molecule has 118 valence electrons. The van der Waals surface area contributed by atoms with E-state index in [1.807, 2.05) is 4.90 Å². The van der Waals surface area contributed by atoms with Gasteiger partial charge < -0.3 is 4.90 Å². The van der Waals surface area contributed by atoms with E-state index in [9.17, 15) is 13.2 Å². The number of aromatic nitrogens is 4. The molecule has 1 atom stereocenters. The number of hydrogen-bond donors (Lipinski definition) is 0. The van der Waals surface area contributed by atoms with Crippen molar-refractivity contribution in [1.29, 1.82) is 0 Å². The molecule has 0 spiro atoms. The fourth-order valence-corrected chi connectivity index (χ4v) is 2.70. The summed E-state index contributed by atoms with van der Waals surface area (Å²) in [6.45, 7) is 1.28. The van der Waals surface area contributed by atoms with Crippen LogP contribution in [-0.2, 0) is 6.18 Å². The molecule has 1 unspecified atom stereocenters. The molecule has 2 aromatic rings. The molecule has 1 saturated heterocycles. The van der Waals surface area contributed by atoms with Gasteiger partial charge in [0.15, 0.2) is 5.69 Å². The molecule has 1 aliphatic rings. The molecule has 3 heterocycles. The largest absolute Gasteiger partial charge is 0.435 e. The van der Waals surface area contributed by atoms with Gasteiger partial charge >= 0.3 is 6.18 Å². The molecule has 2 aromatic heterocycles. The van der Waals surface area contributed by atoms with Crippen molar-refractivity contribution >= 4 is 17.4 Å². The van der Waals surface area contributed by atoms with E-state index < -0.39 is 11.9 Å². The molecule has 0 aliphatic carbocycles. The first-order chi connectivity index (χ1) is 10.4. The SMILES string of the molecule is FC(F)(F)c1ccn(C2CCCN(c3cncc(Cl)n3)C2)n1. The lowest BCUT2D eigenvalue weighted by Crippen LogP contribution is -2.37. The minimum atomic E-state index is -4.42. The zero-order valence-corrected chi connectivity index (χ0v) is 12.2. The highest BCUT2D eigenvalue weighted by atomic mass is 35.5. The summed E-state index contributed by atoms with van der Waals surface area (Å²) in [7, 11) is 0. The Kier molecular flexibility index (Phi) is 3.94. The first-order valence-corrected chi connectivity index (χ1v) is 7.16. The Morgan fingerprint density at radius 3 is 2.77 bits per heavy atom. The lowest BCUT2D eigenvalue weighted by molar-refractivity contribution is -0.141. The summed E-state index contributed by atoms with van der Waals surface area (Å²) in [5.41, 5.74) is -0.868. The third-order valence-electron chi connectivity index (χ3n) is 3.59. The minimum absolute atomic E-state index is 0.134. The number of rotatable bonds is 2. The second kappa shape index (κ2) is 5.75. The predicted octanol–water partition coefficient (Wildman–Crippen LogP) is 3.19. The van der Waals surface area contributed by atoms with E-state index in [1.54, 1.807) is 6.20 Å². The highest BCUT2D eigenvalue weighted by Crippen LogP contribution is 2.30. The summed E-state index contributed by atoms with van der Waals surface area (Å²) >= 11 is 5.83. The molecule has 0 amide bonds. The van der Waals surface area contributed by atoms with Crippen LogP contribution in [-0.4, -0.2) is 32.8 Å². The van der Waals surface area contributed by atoms with E-state index in [2.05, 4.69) is 15.1 Å². The molecule has 0 N–H and O–H groups in total. The molecule has 22 heavy (non-hydrogen) atoms. The Balaban J connectivity index is 1.77. The molecule has 9 heteroatoms. The molecule has 0 bridgehead atoms. The van der Waals surface area contributed by atoms with Gasteiger partial charge in [0, 0.05) is 19.3 Å². The quantitative estimate of drug-likeness (QED) is 0.848. The molecule has 1 fully saturated rings. The van der Waals surface area contributed by atoms with Crippen LogP contribution in [0.5, 0.6) is 0 Å². The number of anilines is 1. The van der Waals surface area contributed by atoms with Crippen molar-refractivity contribution in [3.05, 3.63) is 35.5 Å². The van der Waals surface area contributed by atoms with Crippen LogP contribution in [0, 0.1) is 0 Å². The monoisotopic (exact) mass is 331 g/mol. The van der Waals surface area contributed by atoms with E-state index >= 15 is 0 Å². The average molecular weight is 332 g/mol. The van der Waals surface area contributed by atoms with Crippen molar-refractivity contribution < 1.29 is 13.2 Å². The third kappa shape index (κ3) is 3.16. The van der Waals surface area contributed by atoms with Crippen molar-refractivity contribution in [2.24, 2.45) is 0 Å². The van der Waals surface area contributed by atoms with Gasteiger partial charge in [-0.3, -0.25) is 9.67 Å². The van der Waals surface area contributed by atoms with E-state index in [1.165, 1.54) is 17.1 Å². The molecular weight excluding hydrogens is 319 g/mol. The molecule has 5 nitrogen and oxygen atoms in total. The Morgan fingerprint density at radius 2 is 2.09 bits per heavy atom. The van der Waals surface area contributed by atoms with Crippen LogP contribution < -0.4 is 4.90 Å². The highest BCUT2D eigenvalue weighted by Gasteiger charge is 2.34. The van der Waals surface area contributed by atoms with Crippen molar-refractivity contribution in [3.63, 3.8) is 0 Å². The molecule has 0 saturated carbocycles. The lowest BCUT2D eigenvalue weighted by atomic mass is 10.1. The first-order valence-electron chi connectivity index (χ1n) is 6.78. The summed E-state index contributed by atoms with van der Waals surface area (Å²) < 4.78 is 39.3. The van der Waals surface area contributed by atoms with Crippen LogP contribution in [0.2, 0.25) is 5.15 Å². The van der Waals surface area contributed by atoms with Crippen LogP contribution in [0.1, 0.15) is 24.6 Å². The summed E-state index contributed by atoms with van der Waals surface area (Å²) in [5.74, 6) is 0.625. The minimum Gasteiger partial charge on any atom is -0.353 e. The Hall–Kier alpha value is -1.83. The van der Waals surface area contributed by atoms with Crippen molar-refractivity contribution in [1.82, 2.24) is 19.7 Å². The number of halogens is 4. The number of piperidine rings is 1. The van der Waals surface area contributed by atoms with Crippen LogP contribution in [0.3, 0.4) is 0 Å². The maximum absolute atomic E-state index is 12.6. The number of hydrogen-bond acceptors (Lipinski definition) is 4. The van der Waals surface area contributed by atoms with Gasteiger partial charge in [0.2, 0.25) is 0 Å². The lowest BCUT2D eigenvalue weighted by Gasteiger charge is -2.33. The van der Waals surface area contributed by atoms with Gasteiger partial charge in [-0.15, -0.1) is 0 Å². The fraction of sp³-hybridized carbons (Fsp3) is 0.462. The summed E-state index contributed by atoms with van der Waals surface area (Å²) in [6, 6.07) is 0.864. The molecule has 1 aliphatic heterocycles. The number of alkyl halides is 3. The Morgan fingerprint density at radius 1 is 1.27 bits per heavy atom. The van der Waals surface area contributed by atoms with E-state index in [0.717, 1.165) is 25.5 Å². The van der Waals surface area contributed by atoms with Gasteiger partial charge in [0.05, 0.1) is 18.4 Å². The second-order valence-corrected chi connectivity index (χ2v) is 5.51. The maximum atomic E-state index is 12.6. The fourth-order valence-electron chi connectivity index (χ4n) is 2.56. The van der Waals surface area contributed by atoms with Crippen LogP contribution >= 0.6 is 11.6 Å². The summed E-state index contributed by atoms with van der Waals surface area (Å²) in [4.78, 5) is 10.1. The maximum Gasteiger partial charge on any atom is 0.435 e. The van der Waals surface area contributed by atoms with Gasteiger partial charge in [-0.1, -0.05) is 11.6 Å². The van der Waals surface area contributed by atoms with E-state index in [-0.39, 0.29) is 11.2 Å². The van der Waals surface area contributed by atoms with Gasteiger partial charge in [0.1, 0.15) is 11.0 Å². The molecule has 0 aromatic carbocycles. The normalized spacial score (nSPS) is 19.5. The van der Waals surface area contributed by atoms with Crippen LogP contribution in [0.4, 0.5) is 19.0 Å². The third-order valence-corrected chi connectivity index (χ3v) is 3.77. The summed E-state index contributed by atoms with van der Waals surface area (Å²) in [5, 5.41) is 3.94. The van der Waals surface area contributed by atoms with Gasteiger partial charge in [-0.25, -0.2) is 4.98 Å². The molecule has 3 rings (SSSR count). The van der Waals surface area contributed by atoms with Crippen LogP contribution in [0.25, 0.3) is 0 Å². The van der Waals surface area contributed by atoms with Crippen molar-refractivity contribution in [2.75, 3.05) is 18.0 Å². The van der Waals surface area contributed by atoms with Crippen molar-refractivity contribution in [3.8, 4) is 0 Å². The summed E-state index contributed by atoms with van der Waals surface area (Å²) in [6.07, 6.45) is 1.59. The van der Waals surface area contributed by atoms with E-state index in [4.69, 9.17) is 11.6 Å². The van der Waals surface area contributed by atoms with Gasteiger partial charge in [-0.2, -0.15) is 18.3 Å². The second-order valence-electron chi connectivity index (χ2n) is 5.12.